The summed E-state index contributed by atoms with van der Waals surface area (Å²) in [6.07, 6.45) is 8.20. The molecule has 1 aliphatic heterocycles. The van der Waals surface area contributed by atoms with Gasteiger partial charge in [0.25, 0.3) is 0 Å². The van der Waals surface area contributed by atoms with Crippen LogP contribution in [0.3, 0.4) is 0 Å². The lowest BCUT2D eigenvalue weighted by molar-refractivity contribution is -0.122. The van der Waals surface area contributed by atoms with E-state index < -0.39 is 0 Å². The lowest BCUT2D eigenvalue weighted by Crippen LogP contribution is -2.35. The van der Waals surface area contributed by atoms with Gasteiger partial charge in [0, 0.05) is 18.6 Å². The first kappa shape index (κ1) is 9.20. The van der Waals surface area contributed by atoms with Crippen LogP contribution in [0.2, 0.25) is 0 Å². The third kappa shape index (κ3) is 1.93. The summed E-state index contributed by atoms with van der Waals surface area (Å²) in [5.41, 5.74) is 0.0609. The summed E-state index contributed by atoms with van der Waals surface area (Å²) >= 11 is 0. The molecule has 2 rings (SSSR count). The number of ether oxygens (including phenoxy) is 1. The molecule has 1 saturated carbocycles. The fraction of sp³-hybridized carbons (Fsp3) is 0.909. The van der Waals surface area contributed by atoms with Gasteiger partial charge in [0.15, 0.2) is 0 Å². The first-order valence-corrected chi connectivity index (χ1v) is 5.39. The Morgan fingerprint density at radius 3 is 2.69 bits per heavy atom. The maximum atomic E-state index is 10.9. The Labute approximate surface area is 79.7 Å². The molecule has 2 nitrogen and oxygen atoms in total. The molecule has 0 aromatic heterocycles. The average Bonchev–Trinajstić information content (AvgIpc) is 2.13. The van der Waals surface area contributed by atoms with Gasteiger partial charge in [-0.2, -0.15) is 0 Å². The summed E-state index contributed by atoms with van der Waals surface area (Å²) in [6, 6.07) is 0. The number of rotatable bonds is 3. The molecule has 1 aliphatic carbocycles. The van der Waals surface area contributed by atoms with Crippen molar-refractivity contribution in [1.29, 1.82) is 0 Å². The quantitative estimate of drug-likeness (QED) is 0.625. The Bertz CT molecular complexity index is 179. The number of carbonyl (C=O) groups is 1. The molecule has 2 fully saturated rings. The van der Waals surface area contributed by atoms with Crippen molar-refractivity contribution in [3.8, 4) is 0 Å². The van der Waals surface area contributed by atoms with Crippen molar-refractivity contribution in [2.75, 3.05) is 13.2 Å². The molecule has 0 aromatic carbocycles. The fourth-order valence-electron chi connectivity index (χ4n) is 2.54. The first-order chi connectivity index (χ1) is 6.35. The Hall–Kier alpha value is -0.370. The van der Waals surface area contributed by atoms with E-state index in [1.54, 1.807) is 0 Å². The maximum Gasteiger partial charge on any atom is 0.126 e. The smallest absolute Gasteiger partial charge is 0.126 e. The van der Waals surface area contributed by atoms with Gasteiger partial charge in [0.2, 0.25) is 0 Å². The van der Waals surface area contributed by atoms with Crippen molar-refractivity contribution in [3.05, 3.63) is 0 Å². The van der Waals surface area contributed by atoms with Crippen LogP contribution in [-0.2, 0) is 9.53 Å². The molecule has 1 heterocycles. The second-order valence-electron chi connectivity index (χ2n) is 4.62. The number of carbonyl (C=O) groups excluding carboxylic acids is 1. The van der Waals surface area contributed by atoms with Crippen molar-refractivity contribution in [2.45, 2.75) is 38.5 Å². The third-order valence-electron chi connectivity index (χ3n) is 3.55. The second-order valence-corrected chi connectivity index (χ2v) is 4.62. The predicted octanol–water partition coefficient (Wildman–Crippen LogP) is 2.17. The molecule has 0 radical (unpaired) electrons. The summed E-state index contributed by atoms with van der Waals surface area (Å²) in [5, 5.41) is 0. The lowest BCUT2D eigenvalue weighted by atomic mass is 9.65. The van der Waals surface area contributed by atoms with Gasteiger partial charge >= 0.3 is 0 Å². The molecule has 0 amide bonds. The van der Waals surface area contributed by atoms with E-state index >= 15 is 0 Å². The van der Waals surface area contributed by atoms with Crippen LogP contribution >= 0.6 is 0 Å². The summed E-state index contributed by atoms with van der Waals surface area (Å²) in [4.78, 5) is 10.9. The van der Waals surface area contributed by atoms with Gasteiger partial charge in [-0.3, -0.25) is 0 Å². The van der Waals surface area contributed by atoms with Crippen molar-refractivity contribution in [3.63, 3.8) is 0 Å². The van der Waals surface area contributed by atoms with Crippen molar-refractivity contribution in [1.82, 2.24) is 0 Å². The Balaban J connectivity index is 1.84. The second kappa shape index (κ2) is 3.79. The average molecular weight is 182 g/mol. The monoisotopic (exact) mass is 182 g/mol. The van der Waals surface area contributed by atoms with Crippen LogP contribution < -0.4 is 0 Å². The first-order valence-electron chi connectivity index (χ1n) is 5.39. The van der Waals surface area contributed by atoms with E-state index in [0.717, 1.165) is 32.5 Å². The molecule has 0 aromatic rings. The SMILES string of the molecule is O=CC1(CC2CCCOC2)CCC1. The Morgan fingerprint density at radius 1 is 1.38 bits per heavy atom. The van der Waals surface area contributed by atoms with E-state index in [4.69, 9.17) is 4.74 Å². The van der Waals surface area contributed by atoms with E-state index in [9.17, 15) is 4.79 Å². The van der Waals surface area contributed by atoms with E-state index in [1.165, 1.54) is 25.5 Å². The van der Waals surface area contributed by atoms with E-state index in [2.05, 4.69) is 0 Å². The third-order valence-corrected chi connectivity index (χ3v) is 3.55. The normalized spacial score (nSPS) is 32.2. The molecule has 2 aliphatic rings. The topological polar surface area (TPSA) is 26.3 Å². The standard InChI is InChI=1S/C11H18O2/c12-9-11(4-2-5-11)7-10-3-1-6-13-8-10/h9-10H,1-8H2. The minimum Gasteiger partial charge on any atom is -0.381 e. The van der Waals surface area contributed by atoms with Gasteiger partial charge in [-0.1, -0.05) is 6.42 Å². The van der Waals surface area contributed by atoms with Gasteiger partial charge in [-0.05, 0) is 38.0 Å². The van der Waals surface area contributed by atoms with Crippen molar-refractivity contribution >= 4 is 6.29 Å². The van der Waals surface area contributed by atoms with Crippen LogP contribution in [0.1, 0.15) is 38.5 Å². The van der Waals surface area contributed by atoms with Crippen molar-refractivity contribution < 1.29 is 9.53 Å². The number of hydrogen-bond acceptors (Lipinski definition) is 2. The molecule has 0 N–H and O–H groups in total. The molecule has 0 bridgehead atoms. The zero-order valence-corrected chi connectivity index (χ0v) is 8.13. The molecule has 1 unspecified atom stereocenters. The van der Waals surface area contributed by atoms with Crippen LogP contribution in [0.4, 0.5) is 0 Å². The number of hydrogen-bond donors (Lipinski definition) is 0. The highest BCUT2D eigenvalue weighted by Gasteiger charge is 2.38. The molecule has 1 atom stereocenters. The minimum atomic E-state index is 0.0609. The van der Waals surface area contributed by atoms with Gasteiger partial charge < -0.3 is 9.53 Å². The predicted molar refractivity (Wildman–Crippen MR) is 50.5 cm³/mol. The van der Waals surface area contributed by atoms with Crippen molar-refractivity contribution in [2.24, 2.45) is 11.3 Å². The number of aldehydes is 1. The van der Waals surface area contributed by atoms with Crippen LogP contribution in [0.15, 0.2) is 0 Å². The Kier molecular flexibility index (Phi) is 2.68. The Morgan fingerprint density at radius 2 is 2.23 bits per heavy atom. The molecule has 13 heavy (non-hydrogen) atoms. The molecule has 0 spiro atoms. The summed E-state index contributed by atoms with van der Waals surface area (Å²) in [6.45, 7) is 1.81. The van der Waals surface area contributed by atoms with E-state index in [0.29, 0.717) is 5.92 Å². The minimum absolute atomic E-state index is 0.0609. The van der Waals surface area contributed by atoms with Gasteiger partial charge in [0.05, 0.1) is 0 Å². The van der Waals surface area contributed by atoms with Gasteiger partial charge in [-0.25, -0.2) is 0 Å². The largest absolute Gasteiger partial charge is 0.381 e. The highest BCUT2D eigenvalue weighted by atomic mass is 16.5. The van der Waals surface area contributed by atoms with Crippen LogP contribution in [0.5, 0.6) is 0 Å². The van der Waals surface area contributed by atoms with Crippen LogP contribution in [-0.4, -0.2) is 19.5 Å². The fourth-order valence-corrected chi connectivity index (χ4v) is 2.54. The molecule has 74 valence electrons. The van der Waals surface area contributed by atoms with Gasteiger partial charge in [0.1, 0.15) is 6.29 Å². The van der Waals surface area contributed by atoms with Crippen LogP contribution in [0, 0.1) is 11.3 Å². The summed E-state index contributed by atoms with van der Waals surface area (Å²) < 4.78 is 5.43. The molecule has 1 saturated heterocycles. The van der Waals surface area contributed by atoms with E-state index in [-0.39, 0.29) is 5.41 Å². The van der Waals surface area contributed by atoms with Gasteiger partial charge in [-0.15, -0.1) is 0 Å². The molecular formula is C11H18O2. The maximum absolute atomic E-state index is 10.9. The summed E-state index contributed by atoms with van der Waals surface area (Å²) in [5.74, 6) is 0.652. The highest BCUT2D eigenvalue weighted by molar-refractivity contribution is 5.60. The molecular weight excluding hydrogens is 164 g/mol. The highest BCUT2D eigenvalue weighted by Crippen LogP contribution is 2.45. The van der Waals surface area contributed by atoms with Crippen LogP contribution in [0.25, 0.3) is 0 Å². The zero-order valence-electron chi connectivity index (χ0n) is 8.13. The summed E-state index contributed by atoms with van der Waals surface area (Å²) in [7, 11) is 0. The zero-order chi connectivity index (χ0) is 9.15. The van der Waals surface area contributed by atoms with E-state index in [1.807, 2.05) is 0 Å². The molecule has 2 heteroatoms. The lowest BCUT2D eigenvalue weighted by Gasteiger charge is -2.40.